The first-order chi connectivity index (χ1) is 8.07. The van der Waals surface area contributed by atoms with E-state index in [4.69, 9.17) is 16.3 Å². The Morgan fingerprint density at radius 3 is 2.59 bits per heavy atom. The van der Waals surface area contributed by atoms with Gasteiger partial charge in [0, 0.05) is 18.0 Å². The lowest BCUT2D eigenvalue weighted by molar-refractivity contribution is 0.127. The summed E-state index contributed by atoms with van der Waals surface area (Å²) in [5.74, 6) is 0.0765. The largest absolute Gasteiger partial charge is 0.377 e. The third kappa shape index (κ3) is 4.09. The molecule has 1 heterocycles. The summed E-state index contributed by atoms with van der Waals surface area (Å²) >= 11 is 6.15. The SMILES string of the molecule is O=S(=O)(CC1CCCO1)NC1CCCCC1Cl. The van der Waals surface area contributed by atoms with E-state index in [2.05, 4.69) is 4.72 Å². The second-order valence-electron chi connectivity index (χ2n) is 4.94. The van der Waals surface area contributed by atoms with Crippen LogP contribution in [0.5, 0.6) is 0 Å². The van der Waals surface area contributed by atoms with Crippen molar-refractivity contribution in [1.29, 1.82) is 0 Å². The Morgan fingerprint density at radius 1 is 1.18 bits per heavy atom. The maximum Gasteiger partial charge on any atom is 0.214 e. The average molecular weight is 282 g/mol. The van der Waals surface area contributed by atoms with Gasteiger partial charge in [-0.05, 0) is 25.7 Å². The van der Waals surface area contributed by atoms with Crippen LogP contribution in [0.4, 0.5) is 0 Å². The van der Waals surface area contributed by atoms with Gasteiger partial charge in [0.1, 0.15) is 0 Å². The topological polar surface area (TPSA) is 55.4 Å². The van der Waals surface area contributed by atoms with Crippen molar-refractivity contribution in [3.05, 3.63) is 0 Å². The molecule has 3 atom stereocenters. The molecule has 1 aliphatic heterocycles. The molecule has 4 nitrogen and oxygen atoms in total. The van der Waals surface area contributed by atoms with Crippen molar-refractivity contribution in [1.82, 2.24) is 4.72 Å². The zero-order valence-corrected chi connectivity index (χ0v) is 11.5. The molecule has 6 heteroatoms. The molecule has 0 amide bonds. The zero-order chi connectivity index (χ0) is 12.3. The highest BCUT2D eigenvalue weighted by molar-refractivity contribution is 7.89. The molecule has 3 unspecified atom stereocenters. The Hall–Kier alpha value is 0.160. The number of sulfonamides is 1. The molecule has 2 fully saturated rings. The van der Waals surface area contributed by atoms with Crippen LogP contribution in [0.25, 0.3) is 0 Å². The Balaban J connectivity index is 1.87. The van der Waals surface area contributed by atoms with Crippen molar-refractivity contribution in [3.8, 4) is 0 Å². The minimum absolute atomic E-state index is 0.0666. The van der Waals surface area contributed by atoms with Crippen LogP contribution < -0.4 is 4.72 Å². The number of halogens is 1. The number of rotatable bonds is 4. The first-order valence-corrected chi connectivity index (χ1v) is 8.41. The van der Waals surface area contributed by atoms with E-state index in [0.29, 0.717) is 6.61 Å². The summed E-state index contributed by atoms with van der Waals surface area (Å²) in [5.41, 5.74) is 0. The van der Waals surface area contributed by atoms with Gasteiger partial charge in [-0.1, -0.05) is 12.8 Å². The van der Waals surface area contributed by atoms with Gasteiger partial charge in [0.2, 0.25) is 10.0 Å². The van der Waals surface area contributed by atoms with E-state index in [1.807, 2.05) is 0 Å². The Kier molecular flexibility index (Phi) is 4.69. The maximum atomic E-state index is 12.0. The number of hydrogen-bond donors (Lipinski definition) is 1. The summed E-state index contributed by atoms with van der Waals surface area (Å²) in [6.07, 6.45) is 5.56. The Labute approximate surface area is 108 Å². The third-order valence-electron chi connectivity index (χ3n) is 3.44. The lowest BCUT2D eigenvalue weighted by Crippen LogP contribution is -2.45. The minimum atomic E-state index is -3.26. The summed E-state index contributed by atoms with van der Waals surface area (Å²) in [5, 5.41) is -0.0666. The van der Waals surface area contributed by atoms with Crippen LogP contribution in [0.15, 0.2) is 0 Å². The standard InChI is InChI=1S/C11H20ClNO3S/c12-10-5-1-2-6-11(10)13-17(14,15)8-9-4-3-7-16-9/h9-11,13H,1-8H2. The normalized spacial score (nSPS) is 35.0. The van der Waals surface area contributed by atoms with Crippen molar-refractivity contribution in [2.45, 2.75) is 56.0 Å². The van der Waals surface area contributed by atoms with Gasteiger partial charge in [0.05, 0.1) is 11.9 Å². The Bertz CT molecular complexity index is 341. The van der Waals surface area contributed by atoms with Gasteiger partial charge >= 0.3 is 0 Å². The summed E-state index contributed by atoms with van der Waals surface area (Å²) in [7, 11) is -3.26. The number of ether oxygens (including phenoxy) is 1. The van der Waals surface area contributed by atoms with Gasteiger partial charge in [-0.15, -0.1) is 11.6 Å². The van der Waals surface area contributed by atoms with E-state index >= 15 is 0 Å². The first-order valence-electron chi connectivity index (χ1n) is 6.32. The Morgan fingerprint density at radius 2 is 1.94 bits per heavy atom. The zero-order valence-electron chi connectivity index (χ0n) is 9.90. The van der Waals surface area contributed by atoms with E-state index in [-0.39, 0.29) is 23.3 Å². The van der Waals surface area contributed by atoms with Crippen LogP contribution in [0.3, 0.4) is 0 Å². The van der Waals surface area contributed by atoms with Gasteiger partial charge in [-0.25, -0.2) is 13.1 Å². The number of hydrogen-bond acceptors (Lipinski definition) is 3. The van der Waals surface area contributed by atoms with Crippen molar-refractivity contribution in [2.24, 2.45) is 0 Å². The van der Waals surface area contributed by atoms with Crippen molar-refractivity contribution in [3.63, 3.8) is 0 Å². The van der Waals surface area contributed by atoms with Crippen LogP contribution in [0.1, 0.15) is 38.5 Å². The molecule has 0 aromatic carbocycles. The monoisotopic (exact) mass is 281 g/mol. The van der Waals surface area contributed by atoms with E-state index < -0.39 is 10.0 Å². The highest BCUT2D eigenvalue weighted by Gasteiger charge is 2.29. The van der Waals surface area contributed by atoms with E-state index in [1.165, 1.54) is 0 Å². The quantitative estimate of drug-likeness (QED) is 0.797. The first kappa shape index (κ1) is 13.6. The fourth-order valence-electron chi connectivity index (χ4n) is 2.52. The molecule has 0 radical (unpaired) electrons. The highest BCUT2D eigenvalue weighted by Crippen LogP contribution is 2.24. The van der Waals surface area contributed by atoms with Crippen molar-refractivity contribution >= 4 is 21.6 Å². The van der Waals surface area contributed by atoms with Gasteiger partial charge in [-0.3, -0.25) is 0 Å². The second kappa shape index (κ2) is 5.87. The maximum absolute atomic E-state index is 12.0. The van der Waals surface area contributed by atoms with Crippen LogP contribution >= 0.6 is 11.6 Å². The smallest absolute Gasteiger partial charge is 0.214 e. The molecule has 1 N–H and O–H groups in total. The molecule has 100 valence electrons. The van der Waals surface area contributed by atoms with Crippen LogP contribution in [-0.4, -0.2) is 38.3 Å². The van der Waals surface area contributed by atoms with Gasteiger partial charge in [-0.2, -0.15) is 0 Å². The van der Waals surface area contributed by atoms with Crippen molar-refractivity contribution < 1.29 is 13.2 Å². The second-order valence-corrected chi connectivity index (χ2v) is 7.30. The van der Waals surface area contributed by atoms with Gasteiger partial charge in [0.25, 0.3) is 0 Å². The molecule has 1 saturated heterocycles. The fourth-order valence-corrected chi connectivity index (χ4v) is 4.53. The van der Waals surface area contributed by atoms with E-state index in [9.17, 15) is 8.42 Å². The third-order valence-corrected chi connectivity index (χ3v) is 5.44. The molecular formula is C11H20ClNO3S. The predicted octanol–water partition coefficient (Wildman–Crippen LogP) is 1.63. The van der Waals surface area contributed by atoms with E-state index in [0.717, 1.165) is 38.5 Å². The molecule has 0 aromatic heterocycles. The molecule has 2 rings (SSSR count). The van der Waals surface area contributed by atoms with Gasteiger partial charge in [0.15, 0.2) is 0 Å². The molecule has 0 aromatic rings. The molecule has 1 aliphatic carbocycles. The van der Waals surface area contributed by atoms with Gasteiger partial charge < -0.3 is 4.74 Å². The van der Waals surface area contributed by atoms with Crippen LogP contribution in [-0.2, 0) is 14.8 Å². The lowest BCUT2D eigenvalue weighted by Gasteiger charge is -2.28. The number of alkyl halides is 1. The number of nitrogens with one attached hydrogen (secondary N) is 1. The molecule has 0 bridgehead atoms. The predicted molar refractivity (Wildman–Crippen MR) is 67.8 cm³/mol. The van der Waals surface area contributed by atoms with Crippen LogP contribution in [0.2, 0.25) is 0 Å². The molecule has 2 aliphatic rings. The average Bonchev–Trinajstić information content (AvgIpc) is 2.73. The van der Waals surface area contributed by atoms with E-state index in [1.54, 1.807) is 0 Å². The summed E-state index contributed by atoms with van der Waals surface area (Å²) in [6, 6.07) is -0.100. The molecule has 0 spiro atoms. The summed E-state index contributed by atoms with van der Waals surface area (Å²) < 4.78 is 32.0. The summed E-state index contributed by atoms with van der Waals surface area (Å²) in [6.45, 7) is 0.682. The molecular weight excluding hydrogens is 262 g/mol. The fraction of sp³-hybridized carbons (Fsp3) is 1.00. The summed E-state index contributed by atoms with van der Waals surface area (Å²) in [4.78, 5) is 0. The highest BCUT2D eigenvalue weighted by atomic mass is 35.5. The van der Waals surface area contributed by atoms with Crippen LogP contribution in [0, 0.1) is 0 Å². The minimum Gasteiger partial charge on any atom is -0.377 e. The molecule has 17 heavy (non-hydrogen) atoms. The lowest BCUT2D eigenvalue weighted by atomic mass is 9.96. The van der Waals surface area contributed by atoms with Crippen molar-refractivity contribution in [2.75, 3.05) is 12.4 Å². The molecule has 1 saturated carbocycles.